The van der Waals surface area contributed by atoms with Gasteiger partial charge in [-0.1, -0.05) is 41.3 Å². The number of methoxy groups -OCH3 is 1. The van der Waals surface area contributed by atoms with E-state index in [9.17, 15) is 9.59 Å². The topological polar surface area (TPSA) is 85.5 Å². The highest BCUT2D eigenvalue weighted by Crippen LogP contribution is 2.36. The Balaban J connectivity index is 1.48. The summed E-state index contributed by atoms with van der Waals surface area (Å²) in [5.41, 5.74) is 3.75. The number of rotatable bonds is 5. The van der Waals surface area contributed by atoms with Crippen molar-refractivity contribution < 1.29 is 18.7 Å². The number of para-hydroxylation sites is 1. The number of amides is 1. The number of aromatic nitrogens is 2. The average Bonchev–Trinajstić information content (AvgIpc) is 3.52. The number of nitrogens with zero attached hydrogens (tertiary/aromatic N) is 3. The summed E-state index contributed by atoms with van der Waals surface area (Å²) in [5, 5.41) is 10.1. The van der Waals surface area contributed by atoms with Crippen molar-refractivity contribution in [2.75, 3.05) is 18.6 Å². The predicted molar refractivity (Wildman–Crippen MR) is 124 cm³/mol. The molecule has 0 unspecified atom stereocenters. The van der Waals surface area contributed by atoms with E-state index in [0.717, 1.165) is 31.5 Å². The maximum Gasteiger partial charge on any atom is 0.337 e. The zero-order valence-electron chi connectivity index (χ0n) is 17.5. The van der Waals surface area contributed by atoms with Crippen LogP contribution < -0.4 is 4.90 Å². The van der Waals surface area contributed by atoms with Crippen LogP contribution in [-0.2, 0) is 16.9 Å². The number of thioether (sulfide) groups is 1. The zero-order chi connectivity index (χ0) is 22.2. The van der Waals surface area contributed by atoms with Crippen LogP contribution in [0, 0.1) is 6.92 Å². The Kier molecular flexibility index (Phi) is 5.44. The molecule has 0 fully saturated rings. The van der Waals surface area contributed by atoms with Gasteiger partial charge >= 0.3 is 5.97 Å². The molecule has 0 saturated heterocycles. The number of benzene rings is 2. The smallest absolute Gasteiger partial charge is 0.337 e. The van der Waals surface area contributed by atoms with Gasteiger partial charge in [0.1, 0.15) is 10.6 Å². The summed E-state index contributed by atoms with van der Waals surface area (Å²) in [7, 11) is 1.36. The lowest BCUT2D eigenvalue weighted by Crippen LogP contribution is -2.29. The quantitative estimate of drug-likeness (QED) is 0.307. The summed E-state index contributed by atoms with van der Waals surface area (Å²) in [6.45, 7) is 2.44. The third-order valence-electron chi connectivity index (χ3n) is 5.38. The Morgan fingerprint density at radius 2 is 2.06 bits per heavy atom. The first-order valence-corrected chi connectivity index (χ1v) is 11.8. The molecule has 1 amide bonds. The van der Waals surface area contributed by atoms with Crippen molar-refractivity contribution in [1.82, 2.24) is 10.2 Å². The molecule has 4 aromatic rings. The highest BCUT2D eigenvalue weighted by Gasteiger charge is 2.31. The molecule has 9 heteroatoms. The maximum absolute atomic E-state index is 13.6. The van der Waals surface area contributed by atoms with E-state index in [-0.39, 0.29) is 11.9 Å². The number of fused-ring (bicyclic) bond motifs is 2. The monoisotopic (exact) mass is 465 g/mol. The number of esters is 1. The van der Waals surface area contributed by atoms with Crippen LogP contribution in [0.3, 0.4) is 0 Å². The molecule has 0 spiro atoms. The van der Waals surface area contributed by atoms with E-state index in [2.05, 4.69) is 10.2 Å². The number of carbonyl (C=O) groups is 2. The van der Waals surface area contributed by atoms with Crippen LogP contribution in [0.1, 0.15) is 37.0 Å². The van der Waals surface area contributed by atoms with Crippen LogP contribution >= 0.6 is 23.1 Å². The molecule has 2 aromatic heterocycles. The number of aryl methyl sites for hydroxylation is 1. The van der Waals surface area contributed by atoms with Crippen molar-refractivity contribution in [3.8, 4) is 0 Å². The largest absolute Gasteiger partial charge is 0.465 e. The molecule has 7 nitrogen and oxygen atoms in total. The number of ether oxygens (including phenoxy) is 1. The molecule has 5 rings (SSSR count). The van der Waals surface area contributed by atoms with Gasteiger partial charge in [0.2, 0.25) is 0 Å². The standard InChI is InChI=1S/C23H19N3O4S2/c1-13-24-25-23(32-13)31-12-17-16-5-3-4-6-19(16)30-20(17)21(27)26-10-9-14-11-15(22(28)29-2)7-8-18(14)26/h3-8,11H,9-10,12H2,1-2H3. The van der Waals surface area contributed by atoms with Crippen LogP contribution in [-0.4, -0.2) is 35.7 Å². The molecule has 1 aliphatic rings. The fourth-order valence-electron chi connectivity index (χ4n) is 3.87. The van der Waals surface area contributed by atoms with Crippen molar-refractivity contribution in [2.24, 2.45) is 0 Å². The fourth-order valence-corrected chi connectivity index (χ4v) is 5.71. The molecular formula is C23H19N3O4S2. The normalized spacial score (nSPS) is 12.9. The molecule has 0 atom stereocenters. The van der Waals surface area contributed by atoms with E-state index in [1.54, 1.807) is 34.9 Å². The lowest BCUT2D eigenvalue weighted by atomic mass is 10.1. The Hall–Kier alpha value is -3.17. The molecule has 2 aromatic carbocycles. The minimum atomic E-state index is -0.388. The van der Waals surface area contributed by atoms with Gasteiger partial charge < -0.3 is 14.1 Å². The van der Waals surface area contributed by atoms with E-state index >= 15 is 0 Å². The molecule has 0 radical (unpaired) electrons. The van der Waals surface area contributed by atoms with Gasteiger partial charge in [0.25, 0.3) is 5.91 Å². The van der Waals surface area contributed by atoms with Gasteiger partial charge in [0.15, 0.2) is 10.1 Å². The highest BCUT2D eigenvalue weighted by molar-refractivity contribution is 8.00. The molecule has 1 aliphatic heterocycles. The summed E-state index contributed by atoms with van der Waals surface area (Å²) in [5.74, 6) is 0.315. The second-order valence-corrected chi connectivity index (χ2v) is 9.73. The van der Waals surface area contributed by atoms with Crippen molar-refractivity contribution in [2.45, 2.75) is 23.4 Å². The lowest BCUT2D eigenvalue weighted by Gasteiger charge is -2.17. The van der Waals surface area contributed by atoms with E-state index in [1.165, 1.54) is 18.4 Å². The molecule has 0 bridgehead atoms. The van der Waals surface area contributed by atoms with Crippen LogP contribution in [0.25, 0.3) is 11.0 Å². The van der Waals surface area contributed by atoms with Crippen LogP contribution in [0.4, 0.5) is 5.69 Å². The van der Waals surface area contributed by atoms with Crippen LogP contribution in [0.15, 0.2) is 51.2 Å². The zero-order valence-corrected chi connectivity index (χ0v) is 19.1. The fraction of sp³-hybridized carbons (Fsp3) is 0.217. The van der Waals surface area contributed by atoms with Crippen LogP contribution in [0.2, 0.25) is 0 Å². The van der Waals surface area contributed by atoms with Gasteiger partial charge in [-0.3, -0.25) is 4.79 Å². The minimum absolute atomic E-state index is 0.185. The molecule has 162 valence electrons. The van der Waals surface area contributed by atoms with E-state index in [4.69, 9.17) is 9.15 Å². The summed E-state index contributed by atoms with van der Waals surface area (Å²) < 4.78 is 11.7. The van der Waals surface area contributed by atoms with Crippen LogP contribution in [0.5, 0.6) is 0 Å². The first kappa shape index (κ1) is 20.7. The molecule has 0 aliphatic carbocycles. The van der Waals surface area contributed by atoms with E-state index in [1.807, 2.05) is 31.2 Å². The summed E-state index contributed by atoms with van der Waals surface area (Å²) in [4.78, 5) is 27.2. The SMILES string of the molecule is COC(=O)c1ccc2c(c1)CCN2C(=O)c1oc2ccccc2c1CSc1nnc(C)s1. The average molecular weight is 466 g/mol. The van der Waals surface area contributed by atoms with Gasteiger partial charge in [0, 0.05) is 28.9 Å². The lowest BCUT2D eigenvalue weighted by molar-refractivity contribution is 0.0600. The second-order valence-electron chi connectivity index (χ2n) is 7.32. The Morgan fingerprint density at radius 3 is 2.84 bits per heavy atom. The predicted octanol–water partition coefficient (Wildman–Crippen LogP) is 4.87. The minimum Gasteiger partial charge on any atom is -0.465 e. The van der Waals surface area contributed by atoms with Crippen molar-refractivity contribution in [3.63, 3.8) is 0 Å². The summed E-state index contributed by atoms with van der Waals surface area (Å²) >= 11 is 3.07. The van der Waals surface area contributed by atoms with E-state index < -0.39 is 0 Å². The maximum atomic E-state index is 13.6. The first-order chi connectivity index (χ1) is 15.5. The number of carbonyl (C=O) groups excluding carboxylic acids is 2. The summed E-state index contributed by atoms with van der Waals surface area (Å²) in [6.07, 6.45) is 0.667. The Labute approximate surface area is 192 Å². The van der Waals surface area contributed by atoms with E-state index in [0.29, 0.717) is 35.6 Å². The van der Waals surface area contributed by atoms with Gasteiger partial charge in [-0.2, -0.15) is 0 Å². The molecule has 3 heterocycles. The molecular weight excluding hydrogens is 446 g/mol. The van der Waals surface area contributed by atoms with Gasteiger partial charge in [0.05, 0.1) is 12.7 Å². The third kappa shape index (κ3) is 3.67. The van der Waals surface area contributed by atoms with Crippen molar-refractivity contribution >= 4 is 51.6 Å². The number of hydrogen-bond acceptors (Lipinski definition) is 8. The Bertz CT molecular complexity index is 1340. The first-order valence-electron chi connectivity index (χ1n) is 10.0. The Morgan fingerprint density at radius 1 is 1.22 bits per heavy atom. The molecule has 0 saturated carbocycles. The van der Waals surface area contributed by atoms with Crippen molar-refractivity contribution in [1.29, 1.82) is 0 Å². The van der Waals surface area contributed by atoms with Gasteiger partial charge in [-0.05, 0) is 43.2 Å². The molecule has 32 heavy (non-hydrogen) atoms. The number of anilines is 1. The van der Waals surface area contributed by atoms with Gasteiger partial charge in [-0.15, -0.1) is 10.2 Å². The van der Waals surface area contributed by atoms with Crippen molar-refractivity contribution in [3.05, 3.63) is 69.9 Å². The highest BCUT2D eigenvalue weighted by atomic mass is 32.2. The number of hydrogen-bond donors (Lipinski definition) is 0. The third-order valence-corrected chi connectivity index (χ3v) is 7.38. The molecule has 0 N–H and O–H groups in total. The van der Waals surface area contributed by atoms with Gasteiger partial charge in [-0.25, -0.2) is 4.79 Å². The number of furan rings is 1. The summed E-state index contributed by atoms with van der Waals surface area (Å²) in [6, 6.07) is 12.9. The second kappa shape index (κ2) is 8.40.